The molecule has 92 valence electrons. The quantitative estimate of drug-likeness (QED) is 0.813. The summed E-state index contributed by atoms with van der Waals surface area (Å²) in [5, 5.41) is 9.86. The molecule has 2 unspecified atom stereocenters. The lowest BCUT2D eigenvalue weighted by Gasteiger charge is -2.11. The van der Waals surface area contributed by atoms with Crippen molar-refractivity contribution < 1.29 is 19.3 Å². The molecule has 0 saturated carbocycles. The van der Waals surface area contributed by atoms with Crippen molar-refractivity contribution in [2.45, 2.75) is 18.6 Å². The third kappa shape index (κ3) is 1.85. The number of ether oxygens (including phenoxy) is 3. The molecule has 4 nitrogen and oxygen atoms in total. The van der Waals surface area contributed by atoms with E-state index in [0.717, 1.165) is 5.56 Å². The van der Waals surface area contributed by atoms with E-state index in [9.17, 15) is 5.11 Å². The molecule has 1 heterocycles. The van der Waals surface area contributed by atoms with Crippen LogP contribution >= 0.6 is 0 Å². The highest BCUT2D eigenvalue weighted by molar-refractivity contribution is 5.58. The Bertz CT molecular complexity index is 428. The average Bonchev–Trinajstić information content (AvgIpc) is 2.65. The summed E-state index contributed by atoms with van der Waals surface area (Å²) in [6.07, 6.45) is 1.57. The number of rotatable bonds is 4. The smallest absolute Gasteiger partial charge is 0.204 e. The molecule has 2 rings (SSSR count). The molecular formula is C13H16O4. The first-order valence-electron chi connectivity index (χ1n) is 5.43. The van der Waals surface area contributed by atoms with Gasteiger partial charge in [0.2, 0.25) is 12.0 Å². The van der Waals surface area contributed by atoms with Crippen LogP contribution in [0.1, 0.15) is 17.9 Å². The highest BCUT2D eigenvalue weighted by Gasteiger charge is 2.35. The Labute approximate surface area is 100 Å². The zero-order chi connectivity index (χ0) is 12.4. The number of hydrogen-bond acceptors (Lipinski definition) is 4. The first-order valence-corrected chi connectivity index (χ1v) is 5.43. The van der Waals surface area contributed by atoms with Gasteiger partial charge in [0.25, 0.3) is 0 Å². The van der Waals surface area contributed by atoms with E-state index in [-0.39, 0.29) is 5.92 Å². The number of hydrogen-bond donors (Lipinski definition) is 1. The van der Waals surface area contributed by atoms with E-state index in [1.54, 1.807) is 20.3 Å². The Hall–Kier alpha value is -1.68. The van der Waals surface area contributed by atoms with Gasteiger partial charge in [-0.2, -0.15) is 0 Å². The Morgan fingerprint density at radius 2 is 2.18 bits per heavy atom. The summed E-state index contributed by atoms with van der Waals surface area (Å²) in [6.45, 7) is 3.69. The fourth-order valence-electron chi connectivity index (χ4n) is 2.11. The van der Waals surface area contributed by atoms with E-state index < -0.39 is 6.29 Å². The van der Waals surface area contributed by atoms with Crippen molar-refractivity contribution in [3.05, 3.63) is 30.4 Å². The van der Waals surface area contributed by atoms with E-state index >= 15 is 0 Å². The molecule has 0 aliphatic carbocycles. The standard InChI is InChI=1S/C13H16O4/c1-4-5-9-8-6-7-10(15-2)12(16-3)11(8)17-13(9)14/h4,6-7,9,13-14H,1,5H2,2-3H3. The summed E-state index contributed by atoms with van der Waals surface area (Å²) in [7, 11) is 3.12. The van der Waals surface area contributed by atoms with Gasteiger partial charge in [-0.15, -0.1) is 6.58 Å². The van der Waals surface area contributed by atoms with Crippen molar-refractivity contribution in [2.24, 2.45) is 0 Å². The molecule has 1 aromatic rings. The molecular weight excluding hydrogens is 220 g/mol. The van der Waals surface area contributed by atoms with Gasteiger partial charge in [-0.25, -0.2) is 0 Å². The molecule has 17 heavy (non-hydrogen) atoms. The van der Waals surface area contributed by atoms with Crippen LogP contribution in [0.4, 0.5) is 0 Å². The maximum atomic E-state index is 9.86. The maximum Gasteiger partial charge on any atom is 0.204 e. The second kappa shape index (κ2) is 4.67. The van der Waals surface area contributed by atoms with Gasteiger partial charge in [0, 0.05) is 5.56 Å². The SMILES string of the molecule is C=CCC1c2ccc(OC)c(OC)c2OC1O. The molecule has 1 aliphatic rings. The second-order valence-corrected chi connectivity index (χ2v) is 3.86. The van der Waals surface area contributed by atoms with Crippen LogP contribution in [0.3, 0.4) is 0 Å². The third-order valence-corrected chi connectivity index (χ3v) is 2.93. The van der Waals surface area contributed by atoms with Crippen LogP contribution in [0, 0.1) is 0 Å². The van der Waals surface area contributed by atoms with Gasteiger partial charge < -0.3 is 19.3 Å². The number of benzene rings is 1. The lowest BCUT2D eigenvalue weighted by atomic mass is 9.96. The largest absolute Gasteiger partial charge is 0.493 e. The molecule has 1 aromatic carbocycles. The van der Waals surface area contributed by atoms with Crippen LogP contribution in [-0.4, -0.2) is 25.6 Å². The van der Waals surface area contributed by atoms with Crippen molar-refractivity contribution in [2.75, 3.05) is 14.2 Å². The lowest BCUT2D eigenvalue weighted by molar-refractivity contribution is -0.0187. The monoisotopic (exact) mass is 236 g/mol. The molecule has 0 spiro atoms. The molecule has 0 aromatic heterocycles. The maximum absolute atomic E-state index is 9.86. The molecule has 0 saturated heterocycles. The molecule has 1 aliphatic heterocycles. The predicted octanol–water partition coefficient (Wildman–Crippen LogP) is 2.07. The fraction of sp³-hybridized carbons (Fsp3) is 0.385. The first kappa shape index (κ1) is 11.8. The Kier molecular flexibility index (Phi) is 3.24. The summed E-state index contributed by atoms with van der Waals surface area (Å²) in [6, 6.07) is 3.70. The highest BCUT2D eigenvalue weighted by atomic mass is 16.6. The topological polar surface area (TPSA) is 47.9 Å². The van der Waals surface area contributed by atoms with E-state index in [2.05, 4.69) is 6.58 Å². The third-order valence-electron chi connectivity index (χ3n) is 2.93. The lowest BCUT2D eigenvalue weighted by Crippen LogP contribution is -2.16. The van der Waals surface area contributed by atoms with Crippen LogP contribution in [0.2, 0.25) is 0 Å². The fourth-order valence-corrected chi connectivity index (χ4v) is 2.11. The number of methoxy groups -OCH3 is 2. The van der Waals surface area contributed by atoms with Crippen molar-refractivity contribution in [3.63, 3.8) is 0 Å². The van der Waals surface area contributed by atoms with Gasteiger partial charge >= 0.3 is 0 Å². The van der Waals surface area contributed by atoms with Gasteiger partial charge in [0.15, 0.2) is 11.5 Å². The minimum Gasteiger partial charge on any atom is -0.493 e. The minimum atomic E-state index is -0.857. The Morgan fingerprint density at radius 1 is 1.41 bits per heavy atom. The van der Waals surface area contributed by atoms with E-state index in [1.165, 1.54) is 0 Å². The van der Waals surface area contributed by atoms with Gasteiger partial charge in [0.05, 0.1) is 20.1 Å². The van der Waals surface area contributed by atoms with Crippen LogP contribution in [-0.2, 0) is 0 Å². The van der Waals surface area contributed by atoms with Crippen molar-refractivity contribution >= 4 is 0 Å². The summed E-state index contributed by atoms with van der Waals surface area (Å²) in [4.78, 5) is 0. The number of aliphatic hydroxyl groups excluding tert-OH is 1. The van der Waals surface area contributed by atoms with E-state index in [4.69, 9.17) is 14.2 Å². The van der Waals surface area contributed by atoms with Crippen molar-refractivity contribution in [1.82, 2.24) is 0 Å². The predicted molar refractivity (Wildman–Crippen MR) is 63.7 cm³/mol. The number of allylic oxidation sites excluding steroid dienone is 1. The zero-order valence-corrected chi connectivity index (χ0v) is 9.97. The molecule has 1 N–H and O–H groups in total. The van der Waals surface area contributed by atoms with Crippen molar-refractivity contribution in [1.29, 1.82) is 0 Å². The van der Waals surface area contributed by atoms with Gasteiger partial charge in [-0.1, -0.05) is 12.1 Å². The highest BCUT2D eigenvalue weighted by Crippen LogP contribution is 2.49. The second-order valence-electron chi connectivity index (χ2n) is 3.86. The van der Waals surface area contributed by atoms with Crippen molar-refractivity contribution in [3.8, 4) is 17.2 Å². The summed E-state index contributed by atoms with van der Waals surface area (Å²) in [5.74, 6) is 1.59. The van der Waals surface area contributed by atoms with Crippen LogP contribution in [0.5, 0.6) is 17.2 Å². The molecule has 2 atom stereocenters. The Morgan fingerprint density at radius 3 is 2.76 bits per heavy atom. The van der Waals surface area contributed by atoms with Gasteiger partial charge in [-0.3, -0.25) is 0 Å². The molecule has 0 radical (unpaired) electrons. The molecule has 0 bridgehead atoms. The summed E-state index contributed by atoms with van der Waals surface area (Å²) < 4.78 is 15.9. The van der Waals surface area contributed by atoms with E-state index in [0.29, 0.717) is 23.7 Å². The van der Waals surface area contributed by atoms with Gasteiger partial charge in [-0.05, 0) is 12.5 Å². The number of fused-ring (bicyclic) bond motifs is 1. The molecule has 0 fully saturated rings. The molecule has 4 heteroatoms. The number of aliphatic hydroxyl groups is 1. The first-order chi connectivity index (χ1) is 8.22. The Balaban J connectivity index is 2.48. The average molecular weight is 236 g/mol. The van der Waals surface area contributed by atoms with Crippen LogP contribution < -0.4 is 14.2 Å². The zero-order valence-electron chi connectivity index (χ0n) is 9.97. The minimum absolute atomic E-state index is 0.0951. The van der Waals surface area contributed by atoms with Crippen LogP contribution in [0.25, 0.3) is 0 Å². The van der Waals surface area contributed by atoms with Gasteiger partial charge in [0.1, 0.15) is 0 Å². The normalized spacial score (nSPS) is 21.6. The summed E-state index contributed by atoms with van der Waals surface area (Å²) >= 11 is 0. The summed E-state index contributed by atoms with van der Waals surface area (Å²) in [5.41, 5.74) is 0.926. The molecule has 0 amide bonds. The van der Waals surface area contributed by atoms with E-state index in [1.807, 2.05) is 12.1 Å². The van der Waals surface area contributed by atoms with Crippen LogP contribution in [0.15, 0.2) is 24.8 Å².